The van der Waals surface area contributed by atoms with Gasteiger partial charge in [0, 0.05) is 37.2 Å². The minimum absolute atomic E-state index is 0.0349. The van der Waals surface area contributed by atoms with Gasteiger partial charge in [0.25, 0.3) is 0 Å². The smallest absolute Gasteiger partial charge is 0.265 e. The summed E-state index contributed by atoms with van der Waals surface area (Å²) in [6.07, 6.45) is 9.52. The fraction of sp³-hybridized carbons (Fsp3) is 0.143. The van der Waals surface area contributed by atoms with Crippen molar-refractivity contribution in [3.63, 3.8) is 0 Å². The standard InChI is InChI=1S/C21H18N6O3/c28-19-25(13-16-1-7-22-8-2-16)20(29)27(15-18-5-11-24-12-6-18)21(30)26(19)14-17-3-9-23-10-4-17/h1-12H,13-15H2. The highest BCUT2D eigenvalue weighted by molar-refractivity contribution is 5.13. The Labute approximate surface area is 170 Å². The SMILES string of the molecule is O=c1n(Cc2ccncc2)c(=O)n(Cc2ccncc2)c(=O)n1Cc1ccncc1. The van der Waals surface area contributed by atoms with Crippen molar-refractivity contribution in [2.75, 3.05) is 0 Å². The van der Waals surface area contributed by atoms with Crippen LogP contribution in [0.3, 0.4) is 0 Å². The van der Waals surface area contributed by atoms with E-state index in [0.717, 1.165) is 30.4 Å². The van der Waals surface area contributed by atoms with E-state index >= 15 is 0 Å². The van der Waals surface area contributed by atoms with E-state index in [4.69, 9.17) is 0 Å². The Morgan fingerprint density at radius 1 is 0.467 bits per heavy atom. The molecule has 9 nitrogen and oxygen atoms in total. The molecule has 9 heteroatoms. The molecule has 0 bridgehead atoms. The Morgan fingerprint density at radius 2 is 0.700 bits per heavy atom. The number of hydrogen-bond donors (Lipinski definition) is 0. The summed E-state index contributed by atoms with van der Waals surface area (Å²) in [5, 5.41) is 0. The lowest BCUT2D eigenvalue weighted by molar-refractivity contribution is 0.491. The van der Waals surface area contributed by atoms with Gasteiger partial charge < -0.3 is 0 Å². The lowest BCUT2D eigenvalue weighted by atomic mass is 10.2. The second-order valence-corrected chi connectivity index (χ2v) is 6.67. The summed E-state index contributed by atoms with van der Waals surface area (Å²) in [5.74, 6) is 0. The molecule has 4 rings (SSSR count). The molecule has 150 valence electrons. The molecule has 0 saturated heterocycles. The summed E-state index contributed by atoms with van der Waals surface area (Å²) in [6, 6.07) is 10.3. The van der Waals surface area contributed by atoms with Gasteiger partial charge in [0.1, 0.15) is 0 Å². The summed E-state index contributed by atoms with van der Waals surface area (Å²) in [6.45, 7) is 0.105. The van der Waals surface area contributed by atoms with Crippen molar-refractivity contribution in [1.82, 2.24) is 28.7 Å². The van der Waals surface area contributed by atoms with Crippen LogP contribution in [0.4, 0.5) is 0 Å². The molecule has 0 amide bonds. The first-order valence-electron chi connectivity index (χ1n) is 9.24. The van der Waals surface area contributed by atoms with Crippen LogP contribution in [0.5, 0.6) is 0 Å². The highest BCUT2D eigenvalue weighted by Crippen LogP contribution is 2.00. The van der Waals surface area contributed by atoms with Crippen LogP contribution in [-0.4, -0.2) is 28.7 Å². The first-order chi connectivity index (χ1) is 14.6. The quantitative estimate of drug-likeness (QED) is 0.465. The largest absolute Gasteiger partial charge is 0.336 e. The van der Waals surface area contributed by atoms with Gasteiger partial charge in [-0.05, 0) is 53.1 Å². The summed E-state index contributed by atoms with van der Waals surface area (Å²) in [7, 11) is 0. The fourth-order valence-corrected chi connectivity index (χ4v) is 3.10. The maximum absolute atomic E-state index is 13.1. The maximum atomic E-state index is 13.1. The van der Waals surface area contributed by atoms with Crippen molar-refractivity contribution in [3.05, 3.63) is 122 Å². The summed E-state index contributed by atoms with van der Waals surface area (Å²) in [5.41, 5.74) is 0.204. The van der Waals surface area contributed by atoms with E-state index in [0.29, 0.717) is 0 Å². The average molecular weight is 402 g/mol. The summed E-state index contributed by atoms with van der Waals surface area (Å²) < 4.78 is 3.21. The van der Waals surface area contributed by atoms with Gasteiger partial charge in [-0.25, -0.2) is 28.1 Å². The number of rotatable bonds is 6. The molecule has 0 saturated carbocycles. The second kappa shape index (κ2) is 8.48. The zero-order valence-corrected chi connectivity index (χ0v) is 16.0. The fourth-order valence-electron chi connectivity index (χ4n) is 3.10. The third-order valence-electron chi connectivity index (χ3n) is 4.66. The van der Waals surface area contributed by atoms with Gasteiger partial charge in [-0.15, -0.1) is 0 Å². The minimum atomic E-state index is -0.662. The molecule has 0 unspecified atom stereocenters. The third kappa shape index (κ3) is 4.00. The minimum Gasteiger partial charge on any atom is -0.265 e. The highest BCUT2D eigenvalue weighted by atomic mass is 16.2. The van der Waals surface area contributed by atoms with Gasteiger partial charge in [0.05, 0.1) is 19.6 Å². The Kier molecular flexibility index (Phi) is 5.42. The molecule has 4 aromatic rings. The second-order valence-electron chi connectivity index (χ2n) is 6.67. The van der Waals surface area contributed by atoms with E-state index < -0.39 is 17.1 Å². The molecule has 0 aliphatic rings. The molecular formula is C21H18N6O3. The molecule has 4 aromatic heterocycles. The Bertz CT molecular complexity index is 1120. The Balaban J connectivity index is 1.87. The van der Waals surface area contributed by atoms with Gasteiger partial charge in [0.2, 0.25) is 0 Å². The van der Waals surface area contributed by atoms with Crippen molar-refractivity contribution in [1.29, 1.82) is 0 Å². The first kappa shape index (κ1) is 19.2. The van der Waals surface area contributed by atoms with Crippen LogP contribution < -0.4 is 17.1 Å². The van der Waals surface area contributed by atoms with E-state index in [-0.39, 0.29) is 19.6 Å². The number of nitrogens with zero attached hydrogens (tertiary/aromatic N) is 6. The monoisotopic (exact) mass is 402 g/mol. The van der Waals surface area contributed by atoms with Gasteiger partial charge >= 0.3 is 17.1 Å². The number of aromatic nitrogens is 6. The zero-order valence-electron chi connectivity index (χ0n) is 16.0. The highest BCUT2D eigenvalue weighted by Gasteiger charge is 2.16. The maximum Gasteiger partial charge on any atom is 0.336 e. The molecule has 0 radical (unpaired) electrons. The first-order valence-corrected chi connectivity index (χ1v) is 9.24. The third-order valence-corrected chi connectivity index (χ3v) is 4.66. The van der Waals surface area contributed by atoms with Crippen LogP contribution in [0.2, 0.25) is 0 Å². The van der Waals surface area contributed by atoms with Crippen LogP contribution >= 0.6 is 0 Å². The molecule has 0 N–H and O–H groups in total. The molecule has 0 aromatic carbocycles. The number of hydrogen-bond acceptors (Lipinski definition) is 6. The van der Waals surface area contributed by atoms with Crippen molar-refractivity contribution in [3.8, 4) is 0 Å². The normalized spacial score (nSPS) is 10.8. The summed E-state index contributed by atoms with van der Waals surface area (Å²) >= 11 is 0. The predicted molar refractivity (Wildman–Crippen MR) is 109 cm³/mol. The molecule has 0 fully saturated rings. The van der Waals surface area contributed by atoms with Gasteiger partial charge in [-0.2, -0.15) is 0 Å². The topological polar surface area (TPSA) is 105 Å². The molecule has 0 atom stereocenters. The van der Waals surface area contributed by atoms with Gasteiger partial charge in [-0.3, -0.25) is 15.0 Å². The predicted octanol–water partition coefficient (Wildman–Crippen LogP) is 0.502. The molecule has 30 heavy (non-hydrogen) atoms. The van der Waals surface area contributed by atoms with Crippen LogP contribution in [0.15, 0.2) is 88.0 Å². The van der Waals surface area contributed by atoms with E-state index in [9.17, 15) is 14.4 Å². The molecule has 0 aliphatic carbocycles. The average Bonchev–Trinajstić information content (AvgIpc) is 2.79. The van der Waals surface area contributed by atoms with E-state index in [1.807, 2.05) is 0 Å². The van der Waals surface area contributed by atoms with Crippen LogP contribution in [-0.2, 0) is 19.6 Å². The van der Waals surface area contributed by atoms with Gasteiger partial charge in [0.15, 0.2) is 0 Å². The van der Waals surface area contributed by atoms with Crippen LogP contribution in [0, 0.1) is 0 Å². The molecular weight excluding hydrogens is 384 g/mol. The van der Waals surface area contributed by atoms with E-state index in [2.05, 4.69) is 15.0 Å². The lowest BCUT2D eigenvalue weighted by Gasteiger charge is -2.14. The van der Waals surface area contributed by atoms with Crippen molar-refractivity contribution < 1.29 is 0 Å². The van der Waals surface area contributed by atoms with E-state index in [1.165, 1.54) is 0 Å². The molecule has 0 spiro atoms. The van der Waals surface area contributed by atoms with E-state index in [1.54, 1.807) is 73.6 Å². The Hall–Kier alpha value is -4.14. The van der Waals surface area contributed by atoms with Crippen molar-refractivity contribution in [2.45, 2.75) is 19.6 Å². The van der Waals surface area contributed by atoms with Crippen LogP contribution in [0.25, 0.3) is 0 Å². The van der Waals surface area contributed by atoms with Crippen molar-refractivity contribution in [2.24, 2.45) is 0 Å². The molecule has 4 heterocycles. The zero-order chi connectivity index (χ0) is 20.9. The molecule has 0 aliphatic heterocycles. The van der Waals surface area contributed by atoms with Crippen molar-refractivity contribution >= 4 is 0 Å². The number of pyridine rings is 3. The summed E-state index contributed by atoms with van der Waals surface area (Å²) in [4.78, 5) is 51.2. The lowest BCUT2D eigenvalue weighted by Crippen LogP contribution is -2.54. The van der Waals surface area contributed by atoms with Crippen LogP contribution in [0.1, 0.15) is 16.7 Å². The van der Waals surface area contributed by atoms with Gasteiger partial charge in [-0.1, -0.05) is 0 Å². The Morgan fingerprint density at radius 3 is 0.933 bits per heavy atom.